The van der Waals surface area contributed by atoms with Gasteiger partial charge >= 0.3 is 0 Å². The Hall–Kier alpha value is -1.41. The molecule has 7 nitrogen and oxygen atoms in total. The van der Waals surface area contributed by atoms with E-state index in [1.807, 2.05) is 19.2 Å². The summed E-state index contributed by atoms with van der Waals surface area (Å²) in [4.78, 5) is 12.3. The highest BCUT2D eigenvalue weighted by Crippen LogP contribution is 2.20. The van der Waals surface area contributed by atoms with Crippen molar-refractivity contribution in [2.24, 2.45) is 0 Å². The van der Waals surface area contributed by atoms with E-state index in [0.717, 1.165) is 19.1 Å². The van der Waals surface area contributed by atoms with Crippen LogP contribution in [0.3, 0.4) is 0 Å². The predicted octanol–water partition coefficient (Wildman–Crippen LogP) is 0.202. The number of carbonyl (C=O) groups is 1. The van der Waals surface area contributed by atoms with Crippen LogP contribution in [0.25, 0.3) is 0 Å². The van der Waals surface area contributed by atoms with Gasteiger partial charge in [0.1, 0.15) is 6.04 Å². The second-order valence-corrected chi connectivity index (χ2v) is 7.46. The molecular formula is C13H22N4O3S. The minimum atomic E-state index is -3.35. The van der Waals surface area contributed by atoms with E-state index in [9.17, 15) is 13.2 Å². The molecule has 2 heterocycles. The van der Waals surface area contributed by atoms with Crippen LogP contribution >= 0.6 is 0 Å². The molecule has 0 bridgehead atoms. The monoisotopic (exact) mass is 314 g/mol. The molecule has 1 fully saturated rings. The number of piperidine rings is 1. The Bertz CT molecular complexity index is 570. The number of aromatic nitrogens is 2. The highest BCUT2D eigenvalue weighted by atomic mass is 32.2. The summed E-state index contributed by atoms with van der Waals surface area (Å²) in [6.07, 6.45) is 6.92. The normalized spacial score (nSPS) is 21.9. The fourth-order valence-electron chi connectivity index (χ4n) is 2.64. The van der Waals surface area contributed by atoms with E-state index in [1.54, 1.807) is 10.9 Å². The van der Waals surface area contributed by atoms with Gasteiger partial charge in [0.2, 0.25) is 15.9 Å². The third-order valence-electron chi connectivity index (χ3n) is 3.59. The fourth-order valence-corrected chi connectivity index (χ4v) is 3.76. The lowest BCUT2D eigenvalue weighted by molar-refractivity contribution is -0.126. The first kappa shape index (κ1) is 16.0. The molecule has 0 aromatic carbocycles. The Kier molecular flexibility index (Phi) is 5.00. The molecule has 8 heteroatoms. The molecule has 0 spiro atoms. The Labute approximate surface area is 125 Å². The van der Waals surface area contributed by atoms with Crippen LogP contribution in [0, 0.1) is 0 Å². The topological polar surface area (TPSA) is 84.3 Å². The number of carbonyl (C=O) groups excluding carboxylic acids is 1. The van der Waals surface area contributed by atoms with Crippen LogP contribution < -0.4 is 5.32 Å². The maximum atomic E-state index is 12.3. The second-order valence-electron chi connectivity index (χ2n) is 5.52. The number of sulfonamides is 1. The van der Waals surface area contributed by atoms with Gasteiger partial charge in [0.25, 0.3) is 0 Å². The summed E-state index contributed by atoms with van der Waals surface area (Å²) in [7, 11) is -3.35. The zero-order valence-electron chi connectivity index (χ0n) is 12.4. The molecule has 21 heavy (non-hydrogen) atoms. The van der Waals surface area contributed by atoms with Crippen molar-refractivity contribution in [2.45, 2.75) is 44.8 Å². The second kappa shape index (κ2) is 6.57. The van der Waals surface area contributed by atoms with Crippen molar-refractivity contribution in [3.63, 3.8) is 0 Å². The van der Waals surface area contributed by atoms with Gasteiger partial charge in [-0.1, -0.05) is 6.42 Å². The van der Waals surface area contributed by atoms with E-state index in [1.165, 1.54) is 4.31 Å². The predicted molar refractivity (Wildman–Crippen MR) is 79.0 cm³/mol. The quantitative estimate of drug-likeness (QED) is 0.841. The van der Waals surface area contributed by atoms with Crippen LogP contribution in [-0.4, -0.2) is 53.3 Å². The average molecular weight is 314 g/mol. The lowest BCUT2D eigenvalue weighted by Crippen LogP contribution is -2.53. The maximum absolute atomic E-state index is 12.3. The van der Waals surface area contributed by atoms with Gasteiger partial charge in [-0.05, 0) is 25.8 Å². The molecule has 1 aromatic rings. The number of rotatable bonds is 5. The molecule has 0 saturated carbocycles. The Balaban J connectivity index is 1.97. The third kappa shape index (κ3) is 4.28. The van der Waals surface area contributed by atoms with Crippen molar-refractivity contribution in [3.05, 3.63) is 18.5 Å². The zero-order chi connectivity index (χ0) is 15.5. The molecule has 0 aliphatic carbocycles. The molecule has 118 valence electrons. The van der Waals surface area contributed by atoms with E-state index in [0.29, 0.717) is 19.5 Å². The molecule has 0 radical (unpaired) electrons. The van der Waals surface area contributed by atoms with Gasteiger partial charge < -0.3 is 5.32 Å². The summed E-state index contributed by atoms with van der Waals surface area (Å²) in [5.41, 5.74) is 0. The summed E-state index contributed by atoms with van der Waals surface area (Å²) >= 11 is 0. The number of hydrogen-bond acceptors (Lipinski definition) is 4. The van der Waals surface area contributed by atoms with E-state index < -0.39 is 16.1 Å². The number of nitrogens with zero attached hydrogens (tertiary/aromatic N) is 3. The van der Waals surface area contributed by atoms with Crippen molar-refractivity contribution in [2.75, 3.05) is 12.8 Å². The Morgan fingerprint density at radius 3 is 2.86 bits per heavy atom. The van der Waals surface area contributed by atoms with Gasteiger partial charge in [-0.15, -0.1) is 0 Å². The maximum Gasteiger partial charge on any atom is 0.238 e. The van der Waals surface area contributed by atoms with Gasteiger partial charge in [-0.2, -0.15) is 9.40 Å². The minimum Gasteiger partial charge on any atom is -0.350 e. The van der Waals surface area contributed by atoms with Crippen molar-refractivity contribution in [1.29, 1.82) is 0 Å². The van der Waals surface area contributed by atoms with E-state index >= 15 is 0 Å². The summed E-state index contributed by atoms with van der Waals surface area (Å²) in [5, 5.41) is 6.97. The highest BCUT2D eigenvalue weighted by Gasteiger charge is 2.34. The standard InChI is InChI=1S/C13H22N4O3S/c1-11(10-16-8-5-7-14-16)15-13(18)12-6-3-4-9-17(12)21(2,19)20/h5,7-8,11-12H,3-4,6,9-10H2,1-2H3,(H,15,18)/t11-,12+/m0/s1. The lowest BCUT2D eigenvalue weighted by Gasteiger charge is -2.33. The molecular weight excluding hydrogens is 292 g/mol. The molecule has 1 aromatic heterocycles. The number of hydrogen-bond donors (Lipinski definition) is 1. The SMILES string of the molecule is C[C@@H](Cn1cccn1)NC(=O)[C@H]1CCCCN1S(C)(=O)=O. The molecule has 1 N–H and O–H groups in total. The van der Waals surface area contributed by atoms with Crippen molar-refractivity contribution >= 4 is 15.9 Å². The van der Waals surface area contributed by atoms with E-state index in [-0.39, 0.29) is 11.9 Å². The Morgan fingerprint density at radius 2 is 2.24 bits per heavy atom. The first-order chi connectivity index (χ1) is 9.88. The van der Waals surface area contributed by atoms with Crippen molar-refractivity contribution < 1.29 is 13.2 Å². The van der Waals surface area contributed by atoms with Gasteiger partial charge in [0.15, 0.2) is 0 Å². The summed E-state index contributed by atoms with van der Waals surface area (Å²) < 4.78 is 26.6. The Morgan fingerprint density at radius 1 is 1.48 bits per heavy atom. The van der Waals surface area contributed by atoms with Crippen LogP contribution in [-0.2, 0) is 21.4 Å². The number of amides is 1. The molecule has 1 amide bonds. The van der Waals surface area contributed by atoms with Crippen molar-refractivity contribution in [3.8, 4) is 0 Å². The first-order valence-electron chi connectivity index (χ1n) is 7.12. The first-order valence-corrected chi connectivity index (χ1v) is 8.97. The van der Waals surface area contributed by atoms with E-state index in [2.05, 4.69) is 10.4 Å². The third-order valence-corrected chi connectivity index (χ3v) is 4.88. The minimum absolute atomic E-state index is 0.110. The summed E-state index contributed by atoms with van der Waals surface area (Å²) in [6.45, 7) is 2.86. The number of nitrogens with one attached hydrogen (secondary N) is 1. The smallest absolute Gasteiger partial charge is 0.238 e. The molecule has 1 aliphatic rings. The van der Waals surface area contributed by atoms with Crippen LogP contribution in [0.5, 0.6) is 0 Å². The van der Waals surface area contributed by atoms with Gasteiger partial charge in [-0.3, -0.25) is 9.48 Å². The molecule has 2 rings (SSSR count). The molecule has 2 atom stereocenters. The van der Waals surface area contributed by atoms with Gasteiger partial charge in [0.05, 0.1) is 12.8 Å². The fraction of sp³-hybridized carbons (Fsp3) is 0.692. The largest absolute Gasteiger partial charge is 0.350 e. The summed E-state index contributed by atoms with van der Waals surface area (Å²) in [5.74, 6) is -0.222. The average Bonchev–Trinajstić information content (AvgIpc) is 2.90. The zero-order valence-corrected chi connectivity index (χ0v) is 13.2. The molecule has 0 unspecified atom stereocenters. The van der Waals surface area contributed by atoms with Gasteiger partial charge in [0, 0.05) is 25.0 Å². The molecule has 1 saturated heterocycles. The lowest BCUT2D eigenvalue weighted by atomic mass is 10.0. The van der Waals surface area contributed by atoms with E-state index in [4.69, 9.17) is 0 Å². The summed E-state index contributed by atoms with van der Waals surface area (Å²) in [6, 6.07) is 1.12. The van der Waals surface area contributed by atoms with Crippen LogP contribution in [0.15, 0.2) is 18.5 Å². The van der Waals surface area contributed by atoms with Crippen molar-refractivity contribution in [1.82, 2.24) is 19.4 Å². The highest BCUT2D eigenvalue weighted by molar-refractivity contribution is 7.88. The van der Waals surface area contributed by atoms with Gasteiger partial charge in [-0.25, -0.2) is 8.42 Å². The van der Waals surface area contributed by atoms with Crippen LogP contribution in [0.1, 0.15) is 26.2 Å². The van der Waals surface area contributed by atoms with Crippen LogP contribution in [0.2, 0.25) is 0 Å². The molecule has 1 aliphatic heterocycles. The van der Waals surface area contributed by atoms with Crippen LogP contribution in [0.4, 0.5) is 0 Å².